The molecule has 92 valence electrons. The molecule has 0 aromatic rings. The molecular weight excluding hydrogens is 198 g/mol. The highest BCUT2D eigenvalue weighted by Gasteiger charge is 2.49. The Morgan fingerprint density at radius 2 is 1.94 bits per heavy atom. The fraction of sp³-hybridized carbons (Fsp3) is 1.00. The van der Waals surface area contributed by atoms with E-state index in [9.17, 15) is 0 Å². The fourth-order valence-corrected chi connectivity index (χ4v) is 4.18. The highest BCUT2D eigenvalue weighted by molar-refractivity contribution is 5.04. The van der Waals surface area contributed by atoms with E-state index in [-0.39, 0.29) is 11.1 Å². The van der Waals surface area contributed by atoms with Crippen LogP contribution in [0.2, 0.25) is 0 Å². The van der Waals surface area contributed by atoms with Gasteiger partial charge in [-0.3, -0.25) is 0 Å². The van der Waals surface area contributed by atoms with Crippen molar-refractivity contribution in [3.63, 3.8) is 0 Å². The molecular formula is C14H25NO. The third-order valence-corrected chi connectivity index (χ3v) is 5.40. The lowest BCUT2D eigenvalue weighted by Crippen LogP contribution is -2.54. The van der Waals surface area contributed by atoms with Gasteiger partial charge in [-0.05, 0) is 63.2 Å². The van der Waals surface area contributed by atoms with Crippen LogP contribution in [-0.4, -0.2) is 17.7 Å². The third-order valence-electron chi connectivity index (χ3n) is 5.40. The van der Waals surface area contributed by atoms with Crippen molar-refractivity contribution in [1.29, 1.82) is 0 Å². The zero-order chi connectivity index (χ0) is 11.2. The number of hydrogen-bond donors (Lipinski definition) is 1. The van der Waals surface area contributed by atoms with Crippen molar-refractivity contribution < 1.29 is 4.74 Å². The Kier molecular flexibility index (Phi) is 2.56. The zero-order valence-electron chi connectivity index (χ0n) is 10.5. The Morgan fingerprint density at radius 3 is 2.50 bits per heavy atom. The molecule has 2 nitrogen and oxygen atoms in total. The van der Waals surface area contributed by atoms with Crippen molar-refractivity contribution in [3.8, 4) is 0 Å². The number of rotatable bonds is 1. The second kappa shape index (κ2) is 3.71. The topological polar surface area (TPSA) is 35.2 Å². The Balaban J connectivity index is 1.70. The highest BCUT2D eigenvalue weighted by atomic mass is 16.5. The molecule has 2 N–H and O–H groups in total. The van der Waals surface area contributed by atoms with E-state index in [1.165, 1.54) is 51.4 Å². The molecule has 3 unspecified atom stereocenters. The molecule has 2 heteroatoms. The first-order valence-electron chi connectivity index (χ1n) is 7.05. The van der Waals surface area contributed by atoms with Crippen molar-refractivity contribution in [3.05, 3.63) is 0 Å². The lowest BCUT2D eigenvalue weighted by atomic mass is 9.66. The molecule has 1 spiro atoms. The quantitative estimate of drug-likeness (QED) is 0.742. The zero-order valence-corrected chi connectivity index (χ0v) is 10.5. The lowest BCUT2D eigenvalue weighted by molar-refractivity contribution is -0.152. The summed E-state index contributed by atoms with van der Waals surface area (Å²) < 4.78 is 6.01. The minimum atomic E-state index is 0.145. The van der Waals surface area contributed by atoms with E-state index in [2.05, 4.69) is 6.92 Å². The van der Waals surface area contributed by atoms with Crippen LogP contribution < -0.4 is 5.73 Å². The summed E-state index contributed by atoms with van der Waals surface area (Å²) in [5, 5.41) is 0. The van der Waals surface area contributed by atoms with Crippen molar-refractivity contribution >= 4 is 0 Å². The highest BCUT2D eigenvalue weighted by Crippen LogP contribution is 2.50. The summed E-state index contributed by atoms with van der Waals surface area (Å²) in [5.41, 5.74) is 7.08. The minimum Gasteiger partial charge on any atom is -0.375 e. The average Bonchev–Trinajstić information content (AvgIpc) is 2.58. The molecule has 3 fully saturated rings. The van der Waals surface area contributed by atoms with Gasteiger partial charge < -0.3 is 10.5 Å². The van der Waals surface area contributed by atoms with Crippen LogP contribution in [0.1, 0.15) is 58.3 Å². The van der Waals surface area contributed by atoms with Crippen LogP contribution in [0.5, 0.6) is 0 Å². The Labute approximate surface area is 98.9 Å². The second-order valence-electron chi connectivity index (χ2n) is 6.66. The van der Waals surface area contributed by atoms with Crippen LogP contribution in [-0.2, 0) is 4.74 Å². The standard InChI is InChI=1S/C14H25NO/c1-11-3-7-14(15,9-11)12-4-8-16-13(10-12)5-2-6-13/h11-12H,2-10,15H2,1H3. The Morgan fingerprint density at radius 1 is 1.12 bits per heavy atom. The first-order chi connectivity index (χ1) is 7.62. The van der Waals surface area contributed by atoms with E-state index in [0.29, 0.717) is 0 Å². The molecule has 1 heterocycles. The smallest absolute Gasteiger partial charge is 0.0686 e. The van der Waals surface area contributed by atoms with Crippen LogP contribution in [0.3, 0.4) is 0 Å². The monoisotopic (exact) mass is 223 g/mol. The molecule has 16 heavy (non-hydrogen) atoms. The molecule has 2 aliphatic carbocycles. The molecule has 0 bridgehead atoms. The van der Waals surface area contributed by atoms with Gasteiger partial charge in [0.15, 0.2) is 0 Å². The molecule has 0 amide bonds. The largest absolute Gasteiger partial charge is 0.375 e. The summed E-state index contributed by atoms with van der Waals surface area (Å²) in [6, 6.07) is 0. The number of hydrogen-bond acceptors (Lipinski definition) is 2. The van der Waals surface area contributed by atoms with Crippen LogP contribution in [0, 0.1) is 11.8 Å². The summed E-state index contributed by atoms with van der Waals surface area (Å²) in [4.78, 5) is 0. The molecule has 2 saturated carbocycles. The Bertz CT molecular complexity index is 274. The van der Waals surface area contributed by atoms with Gasteiger partial charge in [0.1, 0.15) is 0 Å². The van der Waals surface area contributed by atoms with Gasteiger partial charge in [0, 0.05) is 12.1 Å². The summed E-state index contributed by atoms with van der Waals surface area (Å²) in [7, 11) is 0. The van der Waals surface area contributed by atoms with E-state index in [0.717, 1.165) is 18.4 Å². The van der Waals surface area contributed by atoms with E-state index < -0.39 is 0 Å². The normalized spacial score (nSPS) is 46.9. The van der Waals surface area contributed by atoms with Gasteiger partial charge in [0.25, 0.3) is 0 Å². The van der Waals surface area contributed by atoms with E-state index in [4.69, 9.17) is 10.5 Å². The van der Waals surface area contributed by atoms with Gasteiger partial charge in [0.2, 0.25) is 0 Å². The van der Waals surface area contributed by atoms with Crippen LogP contribution in [0.15, 0.2) is 0 Å². The summed E-state index contributed by atoms with van der Waals surface area (Å²) in [5.74, 6) is 1.57. The van der Waals surface area contributed by atoms with Crippen molar-refractivity contribution in [2.24, 2.45) is 17.6 Å². The molecule has 1 aliphatic heterocycles. The third kappa shape index (κ3) is 1.70. The maximum absolute atomic E-state index is 6.67. The molecule has 0 radical (unpaired) electrons. The average molecular weight is 223 g/mol. The molecule has 3 rings (SSSR count). The second-order valence-corrected chi connectivity index (χ2v) is 6.66. The maximum atomic E-state index is 6.67. The Hall–Kier alpha value is -0.0800. The fourth-order valence-electron chi connectivity index (χ4n) is 4.18. The van der Waals surface area contributed by atoms with Crippen molar-refractivity contribution in [1.82, 2.24) is 0 Å². The predicted molar refractivity (Wildman–Crippen MR) is 65.2 cm³/mol. The predicted octanol–water partition coefficient (Wildman–Crippen LogP) is 2.85. The molecule has 1 saturated heterocycles. The van der Waals surface area contributed by atoms with E-state index in [1.807, 2.05) is 0 Å². The van der Waals surface area contributed by atoms with Crippen LogP contribution in [0.25, 0.3) is 0 Å². The van der Waals surface area contributed by atoms with Gasteiger partial charge in [-0.1, -0.05) is 6.92 Å². The summed E-state index contributed by atoms with van der Waals surface area (Å²) in [6.07, 6.45) is 10.2. The van der Waals surface area contributed by atoms with Gasteiger partial charge in [-0.15, -0.1) is 0 Å². The lowest BCUT2D eigenvalue weighted by Gasteiger charge is -2.50. The van der Waals surface area contributed by atoms with Crippen LogP contribution >= 0.6 is 0 Å². The SMILES string of the molecule is CC1CCC(N)(C2CCOC3(CCC3)C2)C1. The molecule has 0 aromatic carbocycles. The van der Waals surface area contributed by atoms with Gasteiger partial charge >= 0.3 is 0 Å². The van der Waals surface area contributed by atoms with E-state index >= 15 is 0 Å². The number of ether oxygens (including phenoxy) is 1. The van der Waals surface area contributed by atoms with Crippen LogP contribution in [0.4, 0.5) is 0 Å². The molecule has 0 aromatic heterocycles. The summed E-state index contributed by atoms with van der Waals surface area (Å²) >= 11 is 0. The van der Waals surface area contributed by atoms with Crippen molar-refractivity contribution in [2.45, 2.75) is 69.4 Å². The molecule has 3 aliphatic rings. The van der Waals surface area contributed by atoms with Crippen molar-refractivity contribution in [2.75, 3.05) is 6.61 Å². The van der Waals surface area contributed by atoms with Gasteiger partial charge in [-0.2, -0.15) is 0 Å². The van der Waals surface area contributed by atoms with Gasteiger partial charge in [0.05, 0.1) is 5.60 Å². The minimum absolute atomic E-state index is 0.145. The number of nitrogens with two attached hydrogens (primary N) is 1. The van der Waals surface area contributed by atoms with Gasteiger partial charge in [-0.25, -0.2) is 0 Å². The maximum Gasteiger partial charge on any atom is 0.0686 e. The first kappa shape index (κ1) is 11.0. The first-order valence-corrected chi connectivity index (χ1v) is 7.05. The summed E-state index contributed by atoms with van der Waals surface area (Å²) in [6.45, 7) is 3.31. The van der Waals surface area contributed by atoms with E-state index in [1.54, 1.807) is 0 Å². The molecule has 3 atom stereocenters.